The molecule has 0 saturated heterocycles. The first-order valence-electron chi connectivity index (χ1n) is 8.75. The largest absolute Gasteiger partial charge is 0.382 e. The van der Waals surface area contributed by atoms with Crippen LogP contribution in [0.5, 0.6) is 0 Å². The number of rotatable bonds is 10. The molecular weight excluding hydrogens is 294 g/mol. The summed E-state index contributed by atoms with van der Waals surface area (Å²) in [6.07, 6.45) is 12.2. The number of hydrogen-bond acceptors (Lipinski definition) is 2. The van der Waals surface area contributed by atoms with Crippen molar-refractivity contribution in [2.45, 2.75) is 53.4 Å². The highest BCUT2D eigenvalue weighted by Crippen LogP contribution is 2.12. The van der Waals surface area contributed by atoms with Crippen LogP contribution in [0.3, 0.4) is 0 Å². The molecule has 1 N–H and O–H groups in total. The van der Waals surface area contributed by atoms with Gasteiger partial charge in [0.05, 0.1) is 0 Å². The van der Waals surface area contributed by atoms with Gasteiger partial charge in [0.15, 0.2) is 0 Å². The lowest BCUT2D eigenvalue weighted by Gasteiger charge is -2.05. The standard InChI is InChI=1S/C22H31NO/c1-18(2)8-5-9-19(3)10-6-11-20(4)14-15-23-22-13-7-12-21(16-22)17-24/h7-8,10,12-14,16-17,23H,5-6,9,11,15H2,1-4H3/b19-10+,20-14+. The summed E-state index contributed by atoms with van der Waals surface area (Å²) in [6, 6.07) is 7.56. The van der Waals surface area contributed by atoms with Crippen molar-refractivity contribution in [2.24, 2.45) is 0 Å². The predicted octanol–water partition coefficient (Wildman–Crippen LogP) is 6.33. The van der Waals surface area contributed by atoms with Gasteiger partial charge < -0.3 is 5.32 Å². The minimum Gasteiger partial charge on any atom is -0.382 e. The average molecular weight is 325 g/mol. The van der Waals surface area contributed by atoms with Crippen LogP contribution in [-0.2, 0) is 0 Å². The number of aldehydes is 1. The molecule has 24 heavy (non-hydrogen) atoms. The summed E-state index contributed by atoms with van der Waals surface area (Å²) in [5.74, 6) is 0. The first-order chi connectivity index (χ1) is 11.5. The Balaban J connectivity index is 2.31. The molecule has 0 bridgehead atoms. The predicted molar refractivity (Wildman–Crippen MR) is 106 cm³/mol. The summed E-state index contributed by atoms with van der Waals surface area (Å²) in [5.41, 5.74) is 5.95. The van der Waals surface area contributed by atoms with Crippen LogP contribution in [-0.4, -0.2) is 12.8 Å². The fraction of sp³-hybridized carbons (Fsp3) is 0.409. The van der Waals surface area contributed by atoms with E-state index in [9.17, 15) is 4.79 Å². The summed E-state index contributed by atoms with van der Waals surface area (Å²) in [5, 5.41) is 3.33. The molecular formula is C22H31NO. The summed E-state index contributed by atoms with van der Waals surface area (Å²) in [6.45, 7) is 9.49. The molecule has 0 unspecified atom stereocenters. The van der Waals surface area contributed by atoms with E-state index in [2.05, 4.69) is 51.2 Å². The number of hydrogen-bond donors (Lipinski definition) is 1. The fourth-order valence-corrected chi connectivity index (χ4v) is 2.40. The van der Waals surface area contributed by atoms with E-state index in [1.165, 1.54) is 16.7 Å². The maximum absolute atomic E-state index is 10.8. The SMILES string of the molecule is CC(C)=CCC/C(C)=C/CC/C(C)=C/CNc1cccc(C=O)c1. The molecule has 0 radical (unpaired) electrons. The molecule has 0 aromatic heterocycles. The van der Waals surface area contributed by atoms with Gasteiger partial charge in [-0.25, -0.2) is 0 Å². The first kappa shape index (κ1) is 20.0. The van der Waals surface area contributed by atoms with E-state index >= 15 is 0 Å². The summed E-state index contributed by atoms with van der Waals surface area (Å²) in [4.78, 5) is 10.8. The molecule has 0 saturated carbocycles. The number of anilines is 1. The van der Waals surface area contributed by atoms with Gasteiger partial charge in [0.25, 0.3) is 0 Å². The normalized spacial score (nSPS) is 12.0. The Morgan fingerprint density at radius 1 is 0.958 bits per heavy atom. The highest BCUT2D eigenvalue weighted by molar-refractivity contribution is 5.76. The highest BCUT2D eigenvalue weighted by atomic mass is 16.1. The van der Waals surface area contributed by atoms with Crippen molar-refractivity contribution in [3.8, 4) is 0 Å². The Morgan fingerprint density at radius 2 is 1.62 bits per heavy atom. The third-order valence-electron chi connectivity index (χ3n) is 3.90. The van der Waals surface area contributed by atoms with Gasteiger partial charge in [0, 0.05) is 17.8 Å². The zero-order valence-corrected chi connectivity index (χ0v) is 15.6. The van der Waals surface area contributed by atoms with Crippen molar-refractivity contribution < 1.29 is 4.79 Å². The van der Waals surface area contributed by atoms with Gasteiger partial charge in [-0.1, -0.05) is 47.1 Å². The summed E-state index contributed by atoms with van der Waals surface area (Å²) in [7, 11) is 0. The van der Waals surface area contributed by atoms with Crippen molar-refractivity contribution in [1.82, 2.24) is 0 Å². The number of carbonyl (C=O) groups is 1. The van der Waals surface area contributed by atoms with Gasteiger partial charge in [0.1, 0.15) is 6.29 Å². The van der Waals surface area contributed by atoms with Gasteiger partial charge in [-0.05, 0) is 65.5 Å². The van der Waals surface area contributed by atoms with Crippen molar-refractivity contribution in [1.29, 1.82) is 0 Å². The van der Waals surface area contributed by atoms with Crippen LogP contribution in [0.4, 0.5) is 5.69 Å². The van der Waals surface area contributed by atoms with Gasteiger partial charge in [-0.15, -0.1) is 0 Å². The number of benzene rings is 1. The first-order valence-corrected chi connectivity index (χ1v) is 8.75. The van der Waals surface area contributed by atoms with E-state index in [0.717, 1.165) is 44.2 Å². The van der Waals surface area contributed by atoms with E-state index in [4.69, 9.17) is 0 Å². The van der Waals surface area contributed by atoms with E-state index in [1.807, 2.05) is 24.3 Å². The smallest absolute Gasteiger partial charge is 0.150 e. The van der Waals surface area contributed by atoms with Gasteiger partial charge >= 0.3 is 0 Å². The van der Waals surface area contributed by atoms with E-state index in [0.29, 0.717) is 5.56 Å². The van der Waals surface area contributed by atoms with Crippen molar-refractivity contribution in [3.05, 3.63) is 64.8 Å². The van der Waals surface area contributed by atoms with Crippen LogP contribution >= 0.6 is 0 Å². The molecule has 0 aliphatic heterocycles. The number of carbonyl (C=O) groups excluding carboxylic acids is 1. The number of nitrogens with one attached hydrogen (secondary N) is 1. The Kier molecular flexibility index (Phi) is 9.52. The van der Waals surface area contributed by atoms with Crippen LogP contribution in [0.15, 0.2) is 59.2 Å². The maximum atomic E-state index is 10.8. The maximum Gasteiger partial charge on any atom is 0.150 e. The highest BCUT2D eigenvalue weighted by Gasteiger charge is 1.94. The third kappa shape index (κ3) is 9.14. The average Bonchev–Trinajstić information content (AvgIpc) is 2.54. The van der Waals surface area contributed by atoms with Gasteiger partial charge in [0.2, 0.25) is 0 Å². The van der Waals surface area contributed by atoms with Crippen LogP contribution in [0, 0.1) is 0 Å². The van der Waals surface area contributed by atoms with Crippen LogP contribution in [0.1, 0.15) is 63.7 Å². The van der Waals surface area contributed by atoms with Gasteiger partial charge in [-0.3, -0.25) is 4.79 Å². The molecule has 1 aromatic carbocycles. The van der Waals surface area contributed by atoms with E-state index < -0.39 is 0 Å². The zero-order chi connectivity index (χ0) is 17.8. The van der Waals surface area contributed by atoms with E-state index in [-0.39, 0.29) is 0 Å². The summed E-state index contributed by atoms with van der Waals surface area (Å²) < 4.78 is 0. The monoisotopic (exact) mass is 325 g/mol. The second kappa shape index (κ2) is 11.4. The quantitative estimate of drug-likeness (QED) is 0.402. The molecule has 130 valence electrons. The minimum atomic E-state index is 0.703. The molecule has 0 aliphatic carbocycles. The number of allylic oxidation sites excluding steroid dienone is 5. The van der Waals surface area contributed by atoms with E-state index in [1.54, 1.807) is 0 Å². The molecule has 1 rings (SSSR count). The zero-order valence-electron chi connectivity index (χ0n) is 15.6. The molecule has 0 amide bonds. The molecule has 0 atom stereocenters. The minimum absolute atomic E-state index is 0.703. The molecule has 0 heterocycles. The topological polar surface area (TPSA) is 29.1 Å². The molecule has 0 aliphatic rings. The van der Waals surface area contributed by atoms with Crippen molar-refractivity contribution in [3.63, 3.8) is 0 Å². The lowest BCUT2D eigenvalue weighted by atomic mass is 10.1. The molecule has 0 fully saturated rings. The Morgan fingerprint density at radius 3 is 2.29 bits per heavy atom. The second-order valence-corrected chi connectivity index (χ2v) is 6.58. The second-order valence-electron chi connectivity index (χ2n) is 6.58. The Labute approximate surface area is 147 Å². The fourth-order valence-electron chi connectivity index (χ4n) is 2.40. The lowest BCUT2D eigenvalue weighted by Crippen LogP contribution is -1.99. The van der Waals surface area contributed by atoms with Crippen LogP contribution in [0.2, 0.25) is 0 Å². The van der Waals surface area contributed by atoms with Crippen LogP contribution in [0.25, 0.3) is 0 Å². The third-order valence-corrected chi connectivity index (χ3v) is 3.90. The van der Waals surface area contributed by atoms with Crippen molar-refractivity contribution >= 4 is 12.0 Å². The van der Waals surface area contributed by atoms with Crippen LogP contribution < -0.4 is 5.32 Å². The van der Waals surface area contributed by atoms with Gasteiger partial charge in [-0.2, -0.15) is 0 Å². The Bertz CT molecular complexity index is 604. The van der Waals surface area contributed by atoms with Crippen molar-refractivity contribution in [2.75, 3.05) is 11.9 Å². The molecule has 2 nitrogen and oxygen atoms in total. The lowest BCUT2D eigenvalue weighted by molar-refractivity contribution is 0.112. The molecule has 0 spiro atoms. The molecule has 1 aromatic rings. The summed E-state index contributed by atoms with van der Waals surface area (Å²) >= 11 is 0. The Hall–Kier alpha value is -2.09. The molecule has 2 heteroatoms.